The zero-order valence-corrected chi connectivity index (χ0v) is 15.3. The fraction of sp³-hybridized carbons (Fsp3) is 0.353. The van der Waals surface area contributed by atoms with E-state index in [2.05, 4.69) is 15.5 Å². The largest absolute Gasteiger partial charge is 0.460 e. The molecule has 3 aromatic rings. The van der Waals surface area contributed by atoms with Crippen molar-refractivity contribution in [2.75, 3.05) is 11.9 Å². The molecule has 6 nitrogen and oxygen atoms in total. The van der Waals surface area contributed by atoms with Crippen molar-refractivity contribution in [3.05, 3.63) is 35.6 Å². The fourth-order valence-corrected chi connectivity index (χ4v) is 4.32. The summed E-state index contributed by atoms with van der Waals surface area (Å²) in [4.78, 5) is 12.2. The normalized spacial score (nSPS) is 14.0. The Hall–Kier alpha value is -2.06. The number of esters is 1. The molecule has 2 aromatic heterocycles. The van der Waals surface area contributed by atoms with Crippen LogP contribution in [0.1, 0.15) is 35.9 Å². The van der Waals surface area contributed by atoms with Gasteiger partial charge in [0, 0.05) is 22.7 Å². The van der Waals surface area contributed by atoms with Crippen molar-refractivity contribution in [3.63, 3.8) is 0 Å². The maximum Gasteiger partial charge on any atom is 0.374 e. The van der Waals surface area contributed by atoms with Gasteiger partial charge < -0.3 is 14.5 Å². The number of carbonyl (C=O) groups excluding carboxylic acids is 1. The van der Waals surface area contributed by atoms with Gasteiger partial charge in [-0.25, -0.2) is 4.79 Å². The van der Waals surface area contributed by atoms with Gasteiger partial charge in [-0.1, -0.05) is 41.3 Å². The first-order chi connectivity index (χ1) is 12.2. The number of ether oxygens (including phenoxy) is 1. The van der Waals surface area contributed by atoms with Crippen LogP contribution in [0.15, 0.2) is 33.0 Å². The number of nitrogens with zero attached hydrogens (tertiary/aromatic N) is 2. The second kappa shape index (κ2) is 7.05. The van der Waals surface area contributed by atoms with Crippen LogP contribution >= 0.6 is 23.1 Å². The SMILES string of the molecule is CCOC(=O)c1oc2ccccc2c1CSc1nnc(NC2CC2)s1. The molecule has 0 spiro atoms. The van der Waals surface area contributed by atoms with E-state index in [0.717, 1.165) is 20.4 Å². The molecule has 25 heavy (non-hydrogen) atoms. The number of furan rings is 1. The van der Waals surface area contributed by atoms with Gasteiger partial charge in [0.25, 0.3) is 0 Å². The summed E-state index contributed by atoms with van der Waals surface area (Å²) in [7, 11) is 0. The lowest BCUT2D eigenvalue weighted by Crippen LogP contribution is -2.05. The number of fused-ring (bicyclic) bond motifs is 1. The average molecular weight is 375 g/mol. The molecule has 0 unspecified atom stereocenters. The summed E-state index contributed by atoms with van der Waals surface area (Å²) in [5, 5.41) is 13.5. The third kappa shape index (κ3) is 3.64. The number of rotatable bonds is 7. The molecular formula is C17H17N3O3S2. The number of benzene rings is 1. The van der Waals surface area contributed by atoms with Crippen LogP contribution in [-0.2, 0) is 10.5 Å². The van der Waals surface area contributed by atoms with E-state index in [-0.39, 0.29) is 5.76 Å². The highest BCUT2D eigenvalue weighted by atomic mass is 32.2. The van der Waals surface area contributed by atoms with Crippen molar-refractivity contribution in [2.24, 2.45) is 0 Å². The summed E-state index contributed by atoms with van der Waals surface area (Å²) in [6.07, 6.45) is 2.40. The lowest BCUT2D eigenvalue weighted by atomic mass is 10.1. The molecule has 1 fully saturated rings. The molecule has 2 heterocycles. The Kier molecular flexibility index (Phi) is 4.63. The Labute approximate surface area is 153 Å². The van der Waals surface area contributed by atoms with E-state index < -0.39 is 5.97 Å². The zero-order valence-electron chi connectivity index (χ0n) is 13.7. The number of thioether (sulfide) groups is 1. The van der Waals surface area contributed by atoms with Crippen LogP contribution in [0.3, 0.4) is 0 Å². The van der Waals surface area contributed by atoms with Crippen LogP contribution in [0, 0.1) is 0 Å². The maximum atomic E-state index is 12.2. The highest BCUT2D eigenvalue weighted by molar-refractivity contribution is 8.00. The lowest BCUT2D eigenvalue weighted by molar-refractivity contribution is 0.0491. The minimum Gasteiger partial charge on any atom is -0.460 e. The van der Waals surface area contributed by atoms with Crippen LogP contribution in [-0.4, -0.2) is 28.8 Å². The van der Waals surface area contributed by atoms with Gasteiger partial charge in [0.05, 0.1) is 6.61 Å². The fourth-order valence-electron chi connectivity index (χ4n) is 2.47. The van der Waals surface area contributed by atoms with Crippen LogP contribution in [0.2, 0.25) is 0 Å². The molecule has 0 aliphatic heterocycles. The first-order valence-electron chi connectivity index (χ1n) is 8.15. The van der Waals surface area contributed by atoms with Gasteiger partial charge in [0.1, 0.15) is 5.58 Å². The molecule has 1 aliphatic carbocycles. The van der Waals surface area contributed by atoms with Gasteiger partial charge in [-0.05, 0) is 25.8 Å². The standard InChI is InChI=1S/C17H17N3O3S2/c1-2-22-15(21)14-12(11-5-3-4-6-13(11)23-14)9-24-17-20-19-16(25-17)18-10-7-8-10/h3-6,10H,2,7-9H2,1H3,(H,18,19). The molecule has 8 heteroatoms. The molecule has 130 valence electrons. The topological polar surface area (TPSA) is 77.2 Å². The first-order valence-corrected chi connectivity index (χ1v) is 9.95. The molecule has 1 N–H and O–H groups in total. The predicted molar refractivity (Wildman–Crippen MR) is 98.3 cm³/mol. The quantitative estimate of drug-likeness (QED) is 0.486. The van der Waals surface area contributed by atoms with E-state index in [4.69, 9.17) is 9.15 Å². The van der Waals surface area contributed by atoms with E-state index in [9.17, 15) is 4.79 Å². The zero-order chi connectivity index (χ0) is 17.2. The van der Waals surface area contributed by atoms with E-state index in [1.165, 1.54) is 24.2 Å². The summed E-state index contributed by atoms with van der Waals surface area (Å²) >= 11 is 3.08. The molecule has 4 rings (SSSR count). The third-order valence-corrected chi connectivity index (χ3v) is 5.82. The molecule has 1 aromatic carbocycles. The monoisotopic (exact) mass is 375 g/mol. The van der Waals surface area contributed by atoms with E-state index in [0.29, 0.717) is 24.0 Å². The second-order valence-electron chi connectivity index (χ2n) is 5.71. The van der Waals surface area contributed by atoms with Gasteiger partial charge in [0.2, 0.25) is 10.9 Å². The third-order valence-electron chi connectivity index (χ3n) is 3.81. The van der Waals surface area contributed by atoms with Crippen LogP contribution < -0.4 is 5.32 Å². The molecule has 0 atom stereocenters. The Bertz CT molecular complexity index is 902. The number of hydrogen-bond donors (Lipinski definition) is 1. The molecular weight excluding hydrogens is 358 g/mol. The summed E-state index contributed by atoms with van der Waals surface area (Å²) in [6, 6.07) is 8.19. The number of aromatic nitrogens is 2. The molecule has 0 saturated heterocycles. The molecule has 0 amide bonds. The van der Waals surface area contributed by atoms with E-state index in [1.807, 2.05) is 24.3 Å². The van der Waals surface area contributed by atoms with Gasteiger partial charge in [0.15, 0.2) is 4.34 Å². The smallest absolute Gasteiger partial charge is 0.374 e. The van der Waals surface area contributed by atoms with Gasteiger partial charge in [-0.15, -0.1) is 10.2 Å². The number of hydrogen-bond acceptors (Lipinski definition) is 8. The van der Waals surface area contributed by atoms with Crippen LogP contribution in [0.5, 0.6) is 0 Å². The highest BCUT2D eigenvalue weighted by Gasteiger charge is 2.24. The lowest BCUT2D eigenvalue weighted by Gasteiger charge is -2.01. The number of para-hydroxylation sites is 1. The Morgan fingerprint density at radius 3 is 3.04 bits per heavy atom. The van der Waals surface area contributed by atoms with Crippen molar-refractivity contribution in [2.45, 2.75) is 35.9 Å². The Morgan fingerprint density at radius 2 is 2.24 bits per heavy atom. The highest BCUT2D eigenvalue weighted by Crippen LogP contribution is 2.35. The Morgan fingerprint density at radius 1 is 1.40 bits per heavy atom. The summed E-state index contributed by atoms with van der Waals surface area (Å²) in [6.45, 7) is 2.10. The molecule has 0 bridgehead atoms. The number of anilines is 1. The average Bonchev–Trinajstić information content (AvgIpc) is 3.18. The van der Waals surface area contributed by atoms with Crippen LogP contribution in [0.25, 0.3) is 11.0 Å². The molecule has 1 aliphatic rings. The summed E-state index contributed by atoms with van der Waals surface area (Å²) < 4.78 is 11.7. The summed E-state index contributed by atoms with van der Waals surface area (Å²) in [5.74, 6) is 0.419. The van der Waals surface area contributed by atoms with Gasteiger partial charge in [-0.2, -0.15) is 0 Å². The minimum absolute atomic E-state index is 0.274. The number of nitrogens with one attached hydrogen (secondary N) is 1. The second-order valence-corrected chi connectivity index (χ2v) is 7.91. The minimum atomic E-state index is -0.428. The first kappa shape index (κ1) is 16.4. The van der Waals surface area contributed by atoms with Crippen LogP contribution in [0.4, 0.5) is 5.13 Å². The van der Waals surface area contributed by atoms with Crippen molar-refractivity contribution < 1.29 is 13.9 Å². The Balaban J connectivity index is 1.55. The molecule has 1 saturated carbocycles. The van der Waals surface area contributed by atoms with Gasteiger partial charge in [-0.3, -0.25) is 0 Å². The van der Waals surface area contributed by atoms with E-state index in [1.54, 1.807) is 18.7 Å². The van der Waals surface area contributed by atoms with Crippen molar-refractivity contribution in [3.8, 4) is 0 Å². The predicted octanol–water partition coefficient (Wildman–Crippen LogP) is 4.33. The van der Waals surface area contributed by atoms with Crippen molar-refractivity contribution in [1.29, 1.82) is 0 Å². The van der Waals surface area contributed by atoms with Crippen molar-refractivity contribution in [1.82, 2.24) is 10.2 Å². The summed E-state index contributed by atoms with van der Waals surface area (Å²) in [5.41, 5.74) is 1.53. The van der Waals surface area contributed by atoms with E-state index >= 15 is 0 Å². The van der Waals surface area contributed by atoms with Gasteiger partial charge >= 0.3 is 5.97 Å². The maximum absolute atomic E-state index is 12.2. The molecule has 0 radical (unpaired) electrons. The van der Waals surface area contributed by atoms with Crippen molar-refractivity contribution >= 4 is 45.2 Å². The number of carbonyl (C=O) groups is 1.